The van der Waals surface area contributed by atoms with Gasteiger partial charge in [-0.15, -0.1) is 0 Å². The molecule has 0 spiro atoms. The highest BCUT2D eigenvalue weighted by molar-refractivity contribution is 5.91. The van der Waals surface area contributed by atoms with Gasteiger partial charge in [0.25, 0.3) is 0 Å². The molecule has 2 heterocycles. The van der Waals surface area contributed by atoms with Crippen LogP contribution in [-0.2, 0) is 14.3 Å². The SMILES string of the molecule is C=C/C(F)=C(\C=C)COCCN1CC2N(C(=O)CN(C)N2C(=O)NC/C(C)=C/C)[C@@H](CCCC)C1=O. The van der Waals surface area contributed by atoms with Crippen LogP contribution in [0.3, 0.4) is 0 Å². The zero-order valence-electron chi connectivity index (χ0n) is 22.0. The van der Waals surface area contributed by atoms with E-state index in [0.717, 1.165) is 24.5 Å². The van der Waals surface area contributed by atoms with E-state index in [-0.39, 0.29) is 56.3 Å². The number of piperazine rings is 1. The van der Waals surface area contributed by atoms with Crippen LogP contribution in [-0.4, -0.2) is 96.3 Å². The van der Waals surface area contributed by atoms with Crippen LogP contribution in [0.4, 0.5) is 9.18 Å². The number of carbonyl (C=O) groups is 3. The molecule has 36 heavy (non-hydrogen) atoms. The molecule has 2 fully saturated rings. The molecule has 0 bridgehead atoms. The summed E-state index contributed by atoms with van der Waals surface area (Å²) in [5.41, 5.74) is 1.29. The highest BCUT2D eigenvalue weighted by Crippen LogP contribution is 2.28. The number of fused-ring (bicyclic) bond motifs is 1. The van der Waals surface area contributed by atoms with Crippen molar-refractivity contribution < 1.29 is 23.5 Å². The van der Waals surface area contributed by atoms with E-state index in [4.69, 9.17) is 4.74 Å². The monoisotopic (exact) mass is 505 g/mol. The molecule has 200 valence electrons. The number of rotatable bonds is 12. The number of hydrogen-bond donors (Lipinski definition) is 1. The van der Waals surface area contributed by atoms with Crippen LogP contribution in [0, 0.1) is 0 Å². The number of unbranched alkanes of at least 4 members (excludes halogenated alkanes) is 1. The summed E-state index contributed by atoms with van der Waals surface area (Å²) < 4.78 is 19.4. The van der Waals surface area contributed by atoms with Crippen molar-refractivity contribution in [1.29, 1.82) is 0 Å². The Labute approximate surface area is 213 Å². The Kier molecular flexibility index (Phi) is 11.3. The highest BCUT2D eigenvalue weighted by atomic mass is 19.1. The minimum atomic E-state index is -0.653. The number of amides is 4. The topological polar surface area (TPSA) is 85.4 Å². The zero-order valence-corrected chi connectivity index (χ0v) is 22.0. The second kappa shape index (κ2) is 13.9. The minimum absolute atomic E-state index is 0.00173. The number of hydrogen-bond acceptors (Lipinski definition) is 5. The van der Waals surface area contributed by atoms with Gasteiger partial charge in [-0.3, -0.25) is 9.59 Å². The normalized spacial score (nSPS) is 21.8. The lowest BCUT2D eigenvalue weighted by molar-refractivity contribution is -0.187. The van der Waals surface area contributed by atoms with Crippen molar-refractivity contribution in [3.05, 3.63) is 48.4 Å². The van der Waals surface area contributed by atoms with Crippen LogP contribution in [0.25, 0.3) is 0 Å². The first kappa shape index (κ1) is 29.3. The van der Waals surface area contributed by atoms with Gasteiger partial charge < -0.3 is 19.9 Å². The number of nitrogens with one attached hydrogen (secondary N) is 1. The molecule has 2 aliphatic rings. The Hall–Kier alpha value is -2.98. The Morgan fingerprint density at radius 3 is 2.61 bits per heavy atom. The maximum atomic E-state index is 13.8. The van der Waals surface area contributed by atoms with Gasteiger partial charge in [0.2, 0.25) is 11.8 Å². The first-order valence-corrected chi connectivity index (χ1v) is 12.4. The maximum Gasteiger partial charge on any atom is 0.334 e. The van der Waals surface area contributed by atoms with Gasteiger partial charge in [0.05, 0.1) is 26.3 Å². The van der Waals surface area contributed by atoms with Gasteiger partial charge in [-0.05, 0) is 26.3 Å². The molecule has 2 saturated heterocycles. The number of halogens is 1. The minimum Gasteiger partial charge on any atom is -0.375 e. The fourth-order valence-corrected chi connectivity index (χ4v) is 4.29. The number of nitrogens with zero attached hydrogens (tertiary/aromatic N) is 4. The molecule has 0 aromatic rings. The van der Waals surface area contributed by atoms with Gasteiger partial charge >= 0.3 is 6.03 Å². The molecule has 0 radical (unpaired) electrons. The van der Waals surface area contributed by atoms with Gasteiger partial charge in [0.15, 0.2) is 0 Å². The Bertz CT molecular complexity index is 903. The lowest BCUT2D eigenvalue weighted by Crippen LogP contribution is -2.76. The van der Waals surface area contributed by atoms with Gasteiger partial charge in [-0.25, -0.2) is 19.2 Å². The lowest BCUT2D eigenvalue weighted by atomic mass is 10.0. The van der Waals surface area contributed by atoms with Crippen molar-refractivity contribution >= 4 is 17.8 Å². The number of carbonyl (C=O) groups excluding carboxylic acids is 3. The molecule has 1 N–H and O–H groups in total. The smallest absolute Gasteiger partial charge is 0.334 e. The first-order valence-electron chi connectivity index (χ1n) is 12.4. The summed E-state index contributed by atoms with van der Waals surface area (Å²) in [7, 11) is 1.69. The van der Waals surface area contributed by atoms with Gasteiger partial charge in [0.1, 0.15) is 18.0 Å². The predicted molar refractivity (Wildman–Crippen MR) is 137 cm³/mol. The van der Waals surface area contributed by atoms with E-state index in [1.165, 1.54) is 11.1 Å². The Morgan fingerprint density at radius 2 is 2.00 bits per heavy atom. The van der Waals surface area contributed by atoms with Crippen molar-refractivity contribution in [3.8, 4) is 0 Å². The van der Waals surface area contributed by atoms with Crippen LogP contribution >= 0.6 is 0 Å². The average Bonchev–Trinajstić information content (AvgIpc) is 2.86. The van der Waals surface area contributed by atoms with Crippen LogP contribution in [0.2, 0.25) is 0 Å². The predicted octanol–water partition coefficient (Wildman–Crippen LogP) is 2.99. The van der Waals surface area contributed by atoms with E-state index in [9.17, 15) is 18.8 Å². The van der Waals surface area contributed by atoms with Gasteiger partial charge in [-0.1, -0.05) is 50.6 Å². The first-order chi connectivity index (χ1) is 17.2. The van der Waals surface area contributed by atoms with E-state index >= 15 is 0 Å². The summed E-state index contributed by atoms with van der Waals surface area (Å²) in [6, 6.07) is -0.985. The van der Waals surface area contributed by atoms with Crippen LogP contribution < -0.4 is 5.32 Å². The third-order valence-corrected chi connectivity index (χ3v) is 6.49. The largest absolute Gasteiger partial charge is 0.375 e. The van der Waals surface area contributed by atoms with E-state index < -0.39 is 18.0 Å². The molecule has 2 aliphatic heterocycles. The van der Waals surface area contributed by atoms with Crippen molar-refractivity contribution in [1.82, 2.24) is 25.1 Å². The fraction of sp³-hybridized carbons (Fsp3) is 0.577. The van der Waals surface area contributed by atoms with Crippen molar-refractivity contribution in [3.63, 3.8) is 0 Å². The Morgan fingerprint density at radius 1 is 1.28 bits per heavy atom. The highest BCUT2D eigenvalue weighted by Gasteiger charge is 2.50. The molecule has 9 nitrogen and oxygen atoms in total. The number of allylic oxidation sites excluding steroid dienone is 3. The molecule has 2 atom stereocenters. The number of urea groups is 1. The van der Waals surface area contributed by atoms with Crippen LogP contribution in [0.5, 0.6) is 0 Å². The van der Waals surface area contributed by atoms with E-state index in [2.05, 4.69) is 18.5 Å². The van der Waals surface area contributed by atoms with E-state index in [1.54, 1.807) is 21.9 Å². The van der Waals surface area contributed by atoms with E-state index in [1.807, 2.05) is 26.8 Å². The summed E-state index contributed by atoms with van der Waals surface area (Å²) in [6.45, 7) is 13.8. The lowest BCUT2D eigenvalue weighted by Gasteiger charge is -2.54. The molecular weight excluding hydrogens is 465 g/mol. The number of hydrazine groups is 1. The molecule has 4 amide bonds. The fourth-order valence-electron chi connectivity index (χ4n) is 4.29. The molecular formula is C26H40FN5O4. The molecule has 0 aliphatic carbocycles. The Balaban J connectivity index is 2.23. The maximum absolute atomic E-state index is 13.8. The second-order valence-corrected chi connectivity index (χ2v) is 9.01. The summed E-state index contributed by atoms with van der Waals surface area (Å²) in [6.07, 6.45) is 5.91. The van der Waals surface area contributed by atoms with Gasteiger partial charge in [0, 0.05) is 25.7 Å². The second-order valence-electron chi connectivity index (χ2n) is 9.01. The van der Waals surface area contributed by atoms with Crippen molar-refractivity contribution in [2.75, 3.05) is 46.4 Å². The third-order valence-electron chi connectivity index (χ3n) is 6.49. The van der Waals surface area contributed by atoms with Gasteiger partial charge in [-0.2, -0.15) is 0 Å². The molecule has 0 aromatic carbocycles. The molecule has 1 unspecified atom stereocenters. The van der Waals surface area contributed by atoms with Crippen molar-refractivity contribution in [2.45, 2.75) is 52.2 Å². The standard InChI is InChI=1S/C26H40FN5O4/c1-7-11-12-22-25(34)30(13-14-36-18-20(9-3)21(27)10-4)16-23-31(22)24(33)17-29(6)32(23)26(35)28-15-19(5)8-2/h8-10,22-23H,3-4,7,11-18H2,1-2,5-6H3,(H,28,35)/b19-8+,21-20-/t22-,23?/m0/s1. The number of likely N-dealkylation sites (N-methyl/N-ethyl adjacent to an activating group) is 1. The molecule has 0 saturated carbocycles. The van der Waals surface area contributed by atoms with Crippen LogP contribution in [0.1, 0.15) is 40.0 Å². The zero-order chi connectivity index (χ0) is 26.8. The van der Waals surface area contributed by atoms with Crippen LogP contribution in [0.15, 0.2) is 48.4 Å². The number of ether oxygens (including phenoxy) is 1. The average molecular weight is 506 g/mol. The quantitative estimate of drug-likeness (QED) is 0.250. The summed E-state index contributed by atoms with van der Waals surface area (Å²) >= 11 is 0. The summed E-state index contributed by atoms with van der Waals surface area (Å²) in [5.74, 6) is -0.849. The molecule has 2 rings (SSSR count). The molecule has 0 aromatic heterocycles. The summed E-state index contributed by atoms with van der Waals surface area (Å²) in [4.78, 5) is 42.9. The van der Waals surface area contributed by atoms with Crippen molar-refractivity contribution in [2.24, 2.45) is 0 Å². The molecule has 10 heteroatoms. The third kappa shape index (κ3) is 7.04. The summed E-state index contributed by atoms with van der Waals surface area (Å²) in [5, 5.41) is 6.04. The van der Waals surface area contributed by atoms with E-state index in [0.29, 0.717) is 13.0 Å².